The summed E-state index contributed by atoms with van der Waals surface area (Å²) in [5.41, 5.74) is 5.50. The topological polar surface area (TPSA) is 75.8 Å². The van der Waals surface area contributed by atoms with E-state index in [-0.39, 0.29) is 31.1 Å². The zero-order valence-corrected chi connectivity index (χ0v) is 11.2. The predicted molar refractivity (Wildman–Crippen MR) is 67.6 cm³/mol. The number of methoxy groups -OCH3 is 1. The average Bonchev–Trinajstić information content (AvgIpc) is 2.35. The number of carbonyl (C=O) groups is 1. The van der Waals surface area contributed by atoms with E-state index < -0.39 is 0 Å². The lowest BCUT2D eigenvalue weighted by molar-refractivity contribution is -0.136. The molecule has 5 nitrogen and oxygen atoms in total. The molecule has 0 aliphatic heterocycles. The van der Waals surface area contributed by atoms with Crippen molar-refractivity contribution < 1.29 is 14.6 Å². The number of nitrogens with two attached hydrogens (primary N) is 1. The van der Waals surface area contributed by atoms with E-state index in [2.05, 4.69) is 0 Å². The van der Waals surface area contributed by atoms with Crippen molar-refractivity contribution in [3.63, 3.8) is 0 Å². The molecule has 0 saturated carbocycles. The zero-order chi connectivity index (χ0) is 13.3. The maximum Gasteiger partial charge on any atom is 0.225 e. The van der Waals surface area contributed by atoms with E-state index in [1.807, 2.05) is 13.8 Å². The first-order valence-electron chi connectivity index (χ1n) is 6.27. The summed E-state index contributed by atoms with van der Waals surface area (Å²) in [6.07, 6.45) is 1.83. The van der Waals surface area contributed by atoms with Crippen LogP contribution in [0, 0.1) is 0 Å². The third kappa shape index (κ3) is 5.48. The maximum atomic E-state index is 12.1. The van der Waals surface area contributed by atoms with Gasteiger partial charge in [0, 0.05) is 26.2 Å². The molecule has 0 fully saturated rings. The Morgan fingerprint density at radius 2 is 2.00 bits per heavy atom. The summed E-state index contributed by atoms with van der Waals surface area (Å²) in [5.74, 6) is 0.00468. The Kier molecular flexibility index (Phi) is 9.03. The molecule has 0 spiro atoms. The molecule has 102 valence electrons. The molecule has 1 amide bonds. The van der Waals surface area contributed by atoms with Gasteiger partial charge in [-0.2, -0.15) is 0 Å². The normalized spacial score (nSPS) is 12.8. The minimum Gasteiger partial charge on any atom is -0.395 e. The van der Waals surface area contributed by atoms with Crippen LogP contribution in [0.25, 0.3) is 0 Å². The number of amides is 1. The largest absolute Gasteiger partial charge is 0.395 e. The number of aliphatic hydroxyl groups is 1. The van der Waals surface area contributed by atoms with Gasteiger partial charge in [-0.3, -0.25) is 4.79 Å². The fourth-order valence-corrected chi connectivity index (χ4v) is 1.92. The molecule has 0 heterocycles. The molecule has 3 N–H and O–H groups in total. The van der Waals surface area contributed by atoms with Crippen LogP contribution in [-0.2, 0) is 9.53 Å². The lowest BCUT2D eigenvalue weighted by atomic mass is 10.1. The van der Waals surface area contributed by atoms with Gasteiger partial charge in [-0.15, -0.1) is 0 Å². The standard InChI is InChI=1S/C12H26N2O3/c1-4-10(5-2)14(6-7-15)12(16)8-11(9-13)17-3/h10-11,15H,4-9,13H2,1-3H3. The summed E-state index contributed by atoms with van der Waals surface area (Å²) in [7, 11) is 1.55. The molecular weight excluding hydrogens is 220 g/mol. The van der Waals surface area contributed by atoms with E-state index in [1.165, 1.54) is 0 Å². The van der Waals surface area contributed by atoms with E-state index in [0.29, 0.717) is 13.1 Å². The second-order valence-electron chi connectivity index (χ2n) is 4.08. The van der Waals surface area contributed by atoms with Crippen LogP contribution in [0.4, 0.5) is 0 Å². The summed E-state index contributed by atoms with van der Waals surface area (Å²) in [4.78, 5) is 13.8. The van der Waals surface area contributed by atoms with Crippen LogP contribution >= 0.6 is 0 Å². The van der Waals surface area contributed by atoms with Gasteiger partial charge in [0.2, 0.25) is 5.91 Å². The van der Waals surface area contributed by atoms with Crippen molar-refractivity contribution >= 4 is 5.91 Å². The molecular formula is C12H26N2O3. The third-order valence-corrected chi connectivity index (χ3v) is 3.04. The van der Waals surface area contributed by atoms with Crippen LogP contribution in [0.3, 0.4) is 0 Å². The number of hydrogen-bond donors (Lipinski definition) is 2. The number of rotatable bonds is 9. The Bertz CT molecular complexity index is 204. The molecule has 0 rings (SSSR count). The van der Waals surface area contributed by atoms with Crippen LogP contribution in [0.15, 0.2) is 0 Å². The van der Waals surface area contributed by atoms with Gasteiger partial charge in [0.15, 0.2) is 0 Å². The minimum absolute atomic E-state index is 0.00468. The van der Waals surface area contributed by atoms with Crippen LogP contribution in [0.1, 0.15) is 33.1 Å². The summed E-state index contributed by atoms with van der Waals surface area (Å²) in [6.45, 7) is 4.79. The van der Waals surface area contributed by atoms with Gasteiger partial charge < -0.3 is 20.5 Å². The van der Waals surface area contributed by atoms with Crippen molar-refractivity contribution in [2.24, 2.45) is 5.73 Å². The van der Waals surface area contributed by atoms with Gasteiger partial charge in [0.1, 0.15) is 0 Å². The van der Waals surface area contributed by atoms with Gasteiger partial charge >= 0.3 is 0 Å². The molecule has 0 bridgehead atoms. The van der Waals surface area contributed by atoms with Crippen LogP contribution < -0.4 is 5.73 Å². The Labute approximate surface area is 104 Å². The van der Waals surface area contributed by atoms with E-state index in [9.17, 15) is 4.79 Å². The minimum atomic E-state index is -0.238. The lowest BCUT2D eigenvalue weighted by Crippen LogP contribution is -2.43. The van der Waals surface area contributed by atoms with Crippen molar-refractivity contribution in [3.05, 3.63) is 0 Å². The Morgan fingerprint density at radius 1 is 1.41 bits per heavy atom. The van der Waals surface area contributed by atoms with Gasteiger partial charge in [-0.25, -0.2) is 0 Å². The quantitative estimate of drug-likeness (QED) is 0.616. The van der Waals surface area contributed by atoms with Crippen molar-refractivity contribution in [2.45, 2.75) is 45.3 Å². The highest BCUT2D eigenvalue weighted by molar-refractivity contribution is 5.77. The third-order valence-electron chi connectivity index (χ3n) is 3.04. The summed E-state index contributed by atoms with van der Waals surface area (Å²) in [6, 6.07) is 0.185. The predicted octanol–water partition coefficient (Wildman–Crippen LogP) is 0.360. The molecule has 1 unspecified atom stereocenters. The number of hydrogen-bond acceptors (Lipinski definition) is 4. The summed E-state index contributed by atoms with van der Waals surface area (Å²) < 4.78 is 5.11. The first kappa shape index (κ1) is 16.4. The van der Waals surface area contributed by atoms with E-state index >= 15 is 0 Å². The molecule has 1 atom stereocenters. The monoisotopic (exact) mass is 246 g/mol. The average molecular weight is 246 g/mol. The van der Waals surface area contributed by atoms with Crippen LogP contribution in [-0.4, -0.2) is 54.9 Å². The number of ether oxygens (including phenoxy) is 1. The fraction of sp³-hybridized carbons (Fsp3) is 0.917. The van der Waals surface area contributed by atoms with Crippen molar-refractivity contribution in [1.29, 1.82) is 0 Å². The second kappa shape index (κ2) is 9.39. The van der Waals surface area contributed by atoms with Gasteiger partial charge in [0.05, 0.1) is 19.1 Å². The first-order chi connectivity index (χ1) is 8.14. The molecule has 0 aromatic heterocycles. The Balaban J connectivity index is 4.52. The summed E-state index contributed by atoms with van der Waals surface area (Å²) in [5, 5.41) is 9.02. The molecule has 0 aliphatic carbocycles. The highest BCUT2D eigenvalue weighted by Crippen LogP contribution is 2.11. The molecule has 5 heteroatoms. The Morgan fingerprint density at radius 3 is 2.35 bits per heavy atom. The lowest BCUT2D eigenvalue weighted by Gasteiger charge is -2.31. The zero-order valence-electron chi connectivity index (χ0n) is 11.2. The number of aliphatic hydroxyl groups excluding tert-OH is 1. The smallest absolute Gasteiger partial charge is 0.225 e. The highest BCUT2D eigenvalue weighted by Gasteiger charge is 2.22. The van der Waals surface area contributed by atoms with Crippen molar-refractivity contribution in [1.82, 2.24) is 4.90 Å². The van der Waals surface area contributed by atoms with Crippen LogP contribution in [0.5, 0.6) is 0 Å². The molecule has 17 heavy (non-hydrogen) atoms. The molecule has 0 radical (unpaired) electrons. The van der Waals surface area contributed by atoms with E-state index in [4.69, 9.17) is 15.6 Å². The number of nitrogens with zero attached hydrogens (tertiary/aromatic N) is 1. The SMILES string of the molecule is CCC(CC)N(CCO)C(=O)CC(CN)OC. The first-order valence-corrected chi connectivity index (χ1v) is 6.27. The maximum absolute atomic E-state index is 12.1. The molecule has 0 saturated heterocycles. The van der Waals surface area contributed by atoms with Crippen molar-refractivity contribution in [3.8, 4) is 0 Å². The van der Waals surface area contributed by atoms with Gasteiger partial charge in [-0.05, 0) is 12.8 Å². The highest BCUT2D eigenvalue weighted by atomic mass is 16.5. The van der Waals surface area contributed by atoms with Crippen LogP contribution in [0.2, 0.25) is 0 Å². The van der Waals surface area contributed by atoms with E-state index in [0.717, 1.165) is 12.8 Å². The fourth-order valence-electron chi connectivity index (χ4n) is 1.92. The van der Waals surface area contributed by atoms with Gasteiger partial charge in [-0.1, -0.05) is 13.8 Å². The van der Waals surface area contributed by atoms with E-state index in [1.54, 1.807) is 12.0 Å². The molecule has 0 aromatic rings. The second-order valence-corrected chi connectivity index (χ2v) is 4.08. The van der Waals surface area contributed by atoms with Crippen molar-refractivity contribution in [2.75, 3.05) is 26.8 Å². The van der Waals surface area contributed by atoms with Gasteiger partial charge in [0.25, 0.3) is 0 Å². The molecule has 0 aromatic carbocycles. The Hall–Kier alpha value is -0.650. The molecule has 0 aliphatic rings. The number of carbonyl (C=O) groups excluding carboxylic acids is 1. The summed E-state index contributed by atoms with van der Waals surface area (Å²) >= 11 is 0.